The van der Waals surface area contributed by atoms with Gasteiger partial charge in [0.2, 0.25) is 0 Å². The summed E-state index contributed by atoms with van der Waals surface area (Å²) in [5, 5.41) is 0. The van der Waals surface area contributed by atoms with Crippen molar-refractivity contribution >= 4 is 27.6 Å². The second kappa shape index (κ2) is 5.19. The molecule has 2 aromatic carbocycles. The molecule has 1 aliphatic rings. The molecule has 2 aromatic rings. The molecule has 3 rings (SSSR count). The van der Waals surface area contributed by atoms with Crippen LogP contribution in [-0.4, -0.2) is 12.5 Å². The molecule has 21 heavy (non-hydrogen) atoms. The Morgan fingerprint density at radius 1 is 1.14 bits per heavy atom. The number of halogens is 1. The van der Waals surface area contributed by atoms with Gasteiger partial charge < -0.3 is 5.73 Å². The lowest BCUT2D eigenvalue weighted by Crippen LogP contribution is -2.48. The van der Waals surface area contributed by atoms with Gasteiger partial charge in [-0.05, 0) is 53.0 Å². The number of nitrogens with two attached hydrogens (primary N) is 1. The van der Waals surface area contributed by atoms with Crippen LogP contribution in [0.4, 0.5) is 5.69 Å². The summed E-state index contributed by atoms with van der Waals surface area (Å²) in [4.78, 5) is 6.63. The lowest BCUT2D eigenvalue weighted by Gasteiger charge is -2.38. The molecule has 0 fully saturated rings. The van der Waals surface area contributed by atoms with Crippen LogP contribution in [0.1, 0.15) is 18.1 Å². The van der Waals surface area contributed by atoms with Gasteiger partial charge in [0.25, 0.3) is 0 Å². The lowest BCUT2D eigenvalue weighted by atomic mass is 9.87. The summed E-state index contributed by atoms with van der Waals surface area (Å²) in [7, 11) is 0. The molecule has 108 valence electrons. The Morgan fingerprint density at radius 2 is 1.81 bits per heavy atom. The SMILES string of the molecule is Cc1ccccc1C1(C)CN=C(N)N1c1ccccc1Br. The minimum absolute atomic E-state index is 0.265. The van der Waals surface area contributed by atoms with Crippen molar-refractivity contribution in [2.45, 2.75) is 19.4 Å². The van der Waals surface area contributed by atoms with Crippen LogP contribution in [0.2, 0.25) is 0 Å². The molecular weight excluding hydrogens is 326 g/mol. The number of aryl methyl sites for hydroxylation is 1. The maximum atomic E-state index is 6.20. The van der Waals surface area contributed by atoms with E-state index in [-0.39, 0.29) is 5.54 Å². The number of hydrogen-bond donors (Lipinski definition) is 1. The molecule has 1 aliphatic heterocycles. The van der Waals surface area contributed by atoms with Gasteiger partial charge in [-0.3, -0.25) is 9.89 Å². The smallest absolute Gasteiger partial charge is 0.196 e. The molecule has 0 spiro atoms. The van der Waals surface area contributed by atoms with Crippen molar-refractivity contribution in [3.05, 3.63) is 64.1 Å². The van der Waals surface area contributed by atoms with Gasteiger partial charge in [0, 0.05) is 4.47 Å². The summed E-state index contributed by atoms with van der Waals surface area (Å²) in [6.07, 6.45) is 0. The van der Waals surface area contributed by atoms with Gasteiger partial charge in [0.05, 0.1) is 17.8 Å². The standard InChI is InChI=1S/C17H18BrN3/c1-12-7-3-4-8-13(12)17(2)11-20-16(19)21(17)15-10-6-5-9-14(15)18/h3-10H,11H2,1-2H3,(H2,19,20). The molecule has 1 unspecified atom stereocenters. The second-order valence-corrected chi connectivity index (χ2v) is 6.40. The van der Waals surface area contributed by atoms with Crippen LogP contribution in [0.25, 0.3) is 0 Å². The average Bonchev–Trinajstić information content (AvgIpc) is 2.77. The second-order valence-electron chi connectivity index (χ2n) is 5.55. The third-order valence-electron chi connectivity index (χ3n) is 4.09. The first-order chi connectivity index (χ1) is 10.0. The molecule has 0 radical (unpaired) electrons. The van der Waals surface area contributed by atoms with Crippen LogP contribution in [0.5, 0.6) is 0 Å². The van der Waals surface area contributed by atoms with Crippen LogP contribution in [-0.2, 0) is 5.54 Å². The molecule has 0 aromatic heterocycles. The number of rotatable bonds is 2. The fourth-order valence-corrected chi connectivity index (χ4v) is 3.50. The highest BCUT2D eigenvalue weighted by atomic mass is 79.9. The Labute approximate surface area is 133 Å². The van der Waals surface area contributed by atoms with E-state index >= 15 is 0 Å². The highest BCUT2D eigenvalue weighted by Crippen LogP contribution is 2.40. The van der Waals surface area contributed by atoms with Crippen molar-refractivity contribution in [3.63, 3.8) is 0 Å². The van der Waals surface area contributed by atoms with Gasteiger partial charge in [0.15, 0.2) is 5.96 Å². The van der Waals surface area contributed by atoms with Crippen LogP contribution in [0, 0.1) is 6.92 Å². The predicted molar refractivity (Wildman–Crippen MR) is 91.6 cm³/mol. The van der Waals surface area contributed by atoms with Gasteiger partial charge in [-0.15, -0.1) is 0 Å². The van der Waals surface area contributed by atoms with Gasteiger partial charge in [-0.1, -0.05) is 36.4 Å². The van der Waals surface area contributed by atoms with E-state index in [0.29, 0.717) is 12.5 Å². The zero-order valence-electron chi connectivity index (χ0n) is 12.2. The van der Waals surface area contributed by atoms with E-state index in [1.807, 2.05) is 18.2 Å². The quantitative estimate of drug-likeness (QED) is 0.900. The topological polar surface area (TPSA) is 41.6 Å². The zero-order valence-corrected chi connectivity index (χ0v) is 13.8. The average molecular weight is 344 g/mol. The summed E-state index contributed by atoms with van der Waals surface area (Å²) in [6.45, 7) is 4.98. The first-order valence-corrected chi connectivity index (χ1v) is 7.74. The van der Waals surface area contributed by atoms with E-state index in [0.717, 1.165) is 10.2 Å². The molecular formula is C17H18BrN3. The third kappa shape index (κ3) is 2.23. The van der Waals surface area contributed by atoms with E-state index in [2.05, 4.69) is 70.0 Å². The van der Waals surface area contributed by atoms with Gasteiger partial charge in [-0.2, -0.15) is 0 Å². The van der Waals surface area contributed by atoms with Crippen molar-refractivity contribution in [3.8, 4) is 0 Å². The highest BCUT2D eigenvalue weighted by Gasteiger charge is 2.41. The van der Waals surface area contributed by atoms with Crippen LogP contribution in [0.15, 0.2) is 58.0 Å². The Kier molecular flexibility index (Phi) is 3.49. The fourth-order valence-electron chi connectivity index (χ4n) is 3.03. The lowest BCUT2D eigenvalue weighted by molar-refractivity contribution is 0.529. The van der Waals surface area contributed by atoms with E-state index in [4.69, 9.17) is 5.73 Å². The van der Waals surface area contributed by atoms with Crippen molar-refractivity contribution in [1.82, 2.24) is 0 Å². The largest absolute Gasteiger partial charge is 0.369 e. The Morgan fingerprint density at radius 3 is 2.52 bits per heavy atom. The first-order valence-electron chi connectivity index (χ1n) is 6.95. The molecule has 2 N–H and O–H groups in total. The molecule has 1 atom stereocenters. The van der Waals surface area contributed by atoms with Gasteiger partial charge >= 0.3 is 0 Å². The summed E-state index contributed by atoms with van der Waals surface area (Å²) in [5.41, 5.74) is 9.48. The van der Waals surface area contributed by atoms with Crippen molar-refractivity contribution in [1.29, 1.82) is 0 Å². The van der Waals surface area contributed by atoms with E-state index in [9.17, 15) is 0 Å². The number of nitrogens with zero attached hydrogens (tertiary/aromatic N) is 2. The van der Waals surface area contributed by atoms with Gasteiger partial charge in [0.1, 0.15) is 0 Å². The van der Waals surface area contributed by atoms with Crippen LogP contribution < -0.4 is 10.6 Å². The minimum atomic E-state index is -0.265. The summed E-state index contributed by atoms with van der Waals surface area (Å²) in [5.74, 6) is 0.563. The number of aliphatic imine (C=N–C) groups is 1. The molecule has 1 heterocycles. The zero-order chi connectivity index (χ0) is 15.0. The minimum Gasteiger partial charge on any atom is -0.369 e. The van der Waals surface area contributed by atoms with Crippen LogP contribution in [0.3, 0.4) is 0 Å². The van der Waals surface area contributed by atoms with E-state index < -0.39 is 0 Å². The fraction of sp³-hybridized carbons (Fsp3) is 0.235. The van der Waals surface area contributed by atoms with Gasteiger partial charge in [-0.25, -0.2) is 0 Å². The maximum absolute atomic E-state index is 6.20. The molecule has 0 saturated carbocycles. The summed E-state index contributed by atoms with van der Waals surface area (Å²) < 4.78 is 1.02. The van der Waals surface area contributed by atoms with Crippen molar-refractivity contribution in [2.75, 3.05) is 11.4 Å². The first kappa shape index (κ1) is 14.1. The molecule has 4 heteroatoms. The maximum Gasteiger partial charge on any atom is 0.196 e. The molecule has 0 aliphatic carbocycles. The number of benzene rings is 2. The Balaban J connectivity index is 2.16. The molecule has 0 bridgehead atoms. The Bertz CT molecular complexity index is 711. The third-order valence-corrected chi connectivity index (χ3v) is 4.76. The number of anilines is 1. The van der Waals surface area contributed by atoms with E-state index in [1.165, 1.54) is 11.1 Å². The molecule has 0 amide bonds. The van der Waals surface area contributed by atoms with Crippen LogP contribution >= 0.6 is 15.9 Å². The summed E-state index contributed by atoms with van der Waals surface area (Å²) >= 11 is 3.62. The number of para-hydroxylation sites is 1. The number of guanidine groups is 1. The monoisotopic (exact) mass is 343 g/mol. The number of hydrogen-bond acceptors (Lipinski definition) is 3. The molecule has 0 saturated heterocycles. The normalized spacial score (nSPS) is 21.5. The summed E-state index contributed by atoms with van der Waals surface area (Å²) in [6, 6.07) is 16.5. The molecule has 3 nitrogen and oxygen atoms in total. The van der Waals surface area contributed by atoms with Crippen molar-refractivity contribution in [2.24, 2.45) is 10.7 Å². The van der Waals surface area contributed by atoms with Crippen molar-refractivity contribution < 1.29 is 0 Å². The highest BCUT2D eigenvalue weighted by molar-refractivity contribution is 9.10. The van der Waals surface area contributed by atoms with E-state index in [1.54, 1.807) is 0 Å². The predicted octanol–water partition coefficient (Wildman–Crippen LogP) is 3.81. The Hall–Kier alpha value is -1.81.